The summed E-state index contributed by atoms with van der Waals surface area (Å²) in [6.45, 7) is 4.34. The molecule has 3 heteroatoms. The number of hydrogen-bond acceptors (Lipinski definition) is 2. The van der Waals surface area contributed by atoms with Gasteiger partial charge in [0.2, 0.25) is 0 Å². The topological polar surface area (TPSA) is 27.1 Å². The van der Waals surface area contributed by atoms with Crippen LogP contribution < -0.4 is 0 Å². The molecule has 0 atom stereocenters. The van der Waals surface area contributed by atoms with E-state index in [0.29, 0.717) is 0 Å². The molecule has 1 heterocycles. The molecule has 1 aromatic heterocycles. The van der Waals surface area contributed by atoms with E-state index in [2.05, 4.69) is 21.7 Å². The van der Waals surface area contributed by atoms with Crippen molar-refractivity contribution in [2.45, 2.75) is 13.5 Å². The summed E-state index contributed by atoms with van der Waals surface area (Å²) >= 11 is 0. The maximum atomic E-state index is 5.35. The maximum absolute atomic E-state index is 5.35. The highest BCUT2D eigenvalue weighted by molar-refractivity contribution is 5.54. The fourth-order valence-electron chi connectivity index (χ4n) is 1.64. The molecule has 0 unspecified atom stereocenters. The maximum Gasteiger partial charge on any atom is 0.139 e. The summed E-state index contributed by atoms with van der Waals surface area (Å²) in [6, 6.07) is 10.2. The number of nitrogens with zero attached hydrogens (tertiary/aromatic N) is 2. The lowest BCUT2D eigenvalue weighted by Crippen LogP contribution is -2.06. The van der Waals surface area contributed by atoms with E-state index in [-0.39, 0.29) is 0 Å². The van der Waals surface area contributed by atoms with Crippen LogP contribution in [0.3, 0.4) is 0 Å². The predicted octanol–water partition coefficient (Wildman–Crippen LogP) is 2.59. The van der Waals surface area contributed by atoms with Gasteiger partial charge in [0.1, 0.15) is 5.82 Å². The van der Waals surface area contributed by atoms with Crippen LogP contribution >= 0.6 is 0 Å². The standard InChI is InChI=1S/C13H16N2O/c1-2-16-11-10-15-9-8-14-13(15)12-6-4-3-5-7-12/h3-9H,2,10-11H2,1H3. The van der Waals surface area contributed by atoms with Gasteiger partial charge in [-0.2, -0.15) is 0 Å². The molecule has 0 amide bonds. The van der Waals surface area contributed by atoms with Crippen LogP contribution in [0.1, 0.15) is 6.92 Å². The predicted molar refractivity (Wildman–Crippen MR) is 64.2 cm³/mol. The van der Waals surface area contributed by atoms with Crippen molar-refractivity contribution in [3.8, 4) is 11.4 Å². The first kappa shape index (κ1) is 10.9. The van der Waals surface area contributed by atoms with Gasteiger partial charge in [0.05, 0.1) is 6.61 Å². The Morgan fingerprint density at radius 2 is 2.06 bits per heavy atom. The zero-order valence-corrected chi connectivity index (χ0v) is 9.47. The Hall–Kier alpha value is -1.61. The second-order valence-electron chi connectivity index (χ2n) is 3.51. The van der Waals surface area contributed by atoms with Crippen molar-refractivity contribution >= 4 is 0 Å². The molecule has 0 spiro atoms. The third-order valence-corrected chi connectivity index (χ3v) is 2.43. The molecule has 0 aliphatic heterocycles. The Morgan fingerprint density at radius 3 is 2.81 bits per heavy atom. The van der Waals surface area contributed by atoms with Gasteiger partial charge in [0, 0.05) is 31.1 Å². The highest BCUT2D eigenvalue weighted by Crippen LogP contribution is 2.16. The van der Waals surface area contributed by atoms with E-state index in [1.54, 1.807) is 0 Å². The summed E-state index contributed by atoms with van der Waals surface area (Å²) in [5.41, 5.74) is 1.14. The Kier molecular flexibility index (Phi) is 3.72. The molecular weight excluding hydrogens is 200 g/mol. The second kappa shape index (κ2) is 5.47. The van der Waals surface area contributed by atoms with Gasteiger partial charge in [-0.05, 0) is 6.92 Å². The molecule has 0 radical (unpaired) electrons. The Balaban J connectivity index is 2.13. The average molecular weight is 216 g/mol. The van der Waals surface area contributed by atoms with Gasteiger partial charge in [-0.25, -0.2) is 4.98 Å². The molecule has 2 rings (SSSR count). The smallest absolute Gasteiger partial charge is 0.139 e. The SMILES string of the molecule is CCOCCn1ccnc1-c1ccccc1. The summed E-state index contributed by atoms with van der Waals surface area (Å²) in [7, 11) is 0. The largest absolute Gasteiger partial charge is 0.380 e. The number of rotatable bonds is 5. The summed E-state index contributed by atoms with van der Waals surface area (Å²) in [4.78, 5) is 4.37. The van der Waals surface area contributed by atoms with Gasteiger partial charge in [-0.3, -0.25) is 0 Å². The van der Waals surface area contributed by atoms with Crippen molar-refractivity contribution in [1.82, 2.24) is 9.55 Å². The van der Waals surface area contributed by atoms with Crippen LogP contribution in [0.4, 0.5) is 0 Å². The zero-order valence-electron chi connectivity index (χ0n) is 9.47. The molecule has 0 aliphatic carbocycles. The third-order valence-electron chi connectivity index (χ3n) is 2.43. The number of aromatic nitrogens is 2. The van der Waals surface area contributed by atoms with E-state index in [1.807, 2.05) is 37.5 Å². The van der Waals surface area contributed by atoms with Crippen molar-refractivity contribution in [1.29, 1.82) is 0 Å². The molecule has 0 saturated carbocycles. The summed E-state index contributed by atoms with van der Waals surface area (Å²) in [5.74, 6) is 1.00. The lowest BCUT2D eigenvalue weighted by atomic mass is 10.2. The van der Waals surface area contributed by atoms with Crippen LogP contribution in [0.2, 0.25) is 0 Å². The van der Waals surface area contributed by atoms with Crippen LogP contribution in [0.5, 0.6) is 0 Å². The molecule has 0 N–H and O–H groups in total. The van der Waals surface area contributed by atoms with Crippen molar-refractivity contribution < 1.29 is 4.74 Å². The lowest BCUT2D eigenvalue weighted by Gasteiger charge is -2.07. The summed E-state index contributed by atoms with van der Waals surface area (Å²) in [5, 5.41) is 0. The van der Waals surface area contributed by atoms with Crippen molar-refractivity contribution in [2.24, 2.45) is 0 Å². The molecule has 16 heavy (non-hydrogen) atoms. The molecule has 3 nitrogen and oxygen atoms in total. The number of hydrogen-bond donors (Lipinski definition) is 0. The summed E-state index contributed by atoms with van der Waals surface area (Å²) in [6.07, 6.45) is 3.82. The molecule has 0 bridgehead atoms. The molecule has 1 aromatic carbocycles. The van der Waals surface area contributed by atoms with Gasteiger partial charge in [-0.1, -0.05) is 30.3 Å². The quantitative estimate of drug-likeness (QED) is 0.718. The van der Waals surface area contributed by atoms with Gasteiger partial charge in [0.25, 0.3) is 0 Å². The van der Waals surface area contributed by atoms with Crippen molar-refractivity contribution in [3.05, 3.63) is 42.7 Å². The Labute approximate surface area is 95.7 Å². The Bertz CT molecular complexity index is 423. The average Bonchev–Trinajstić information content (AvgIpc) is 2.79. The minimum absolute atomic E-state index is 0.729. The highest BCUT2D eigenvalue weighted by Gasteiger charge is 2.04. The van der Waals surface area contributed by atoms with Crippen LogP contribution in [0, 0.1) is 0 Å². The van der Waals surface area contributed by atoms with Crippen molar-refractivity contribution in [2.75, 3.05) is 13.2 Å². The van der Waals surface area contributed by atoms with E-state index in [4.69, 9.17) is 4.74 Å². The van der Waals surface area contributed by atoms with Gasteiger partial charge < -0.3 is 9.30 Å². The van der Waals surface area contributed by atoms with E-state index in [9.17, 15) is 0 Å². The monoisotopic (exact) mass is 216 g/mol. The third kappa shape index (κ3) is 2.49. The lowest BCUT2D eigenvalue weighted by molar-refractivity contribution is 0.139. The number of imidazole rings is 1. The zero-order chi connectivity index (χ0) is 11.2. The molecule has 0 aliphatic rings. The number of benzene rings is 1. The number of ether oxygens (including phenoxy) is 1. The highest BCUT2D eigenvalue weighted by atomic mass is 16.5. The minimum atomic E-state index is 0.729. The molecule has 84 valence electrons. The van der Waals surface area contributed by atoms with E-state index >= 15 is 0 Å². The minimum Gasteiger partial charge on any atom is -0.380 e. The molecule has 0 saturated heterocycles. The van der Waals surface area contributed by atoms with Gasteiger partial charge >= 0.3 is 0 Å². The fraction of sp³-hybridized carbons (Fsp3) is 0.308. The first-order valence-corrected chi connectivity index (χ1v) is 5.56. The van der Waals surface area contributed by atoms with E-state index < -0.39 is 0 Å². The van der Waals surface area contributed by atoms with Gasteiger partial charge in [0.15, 0.2) is 0 Å². The first-order valence-electron chi connectivity index (χ1n) is 5.56. The second-order valence-corrected chi connectivity index (χ2v) is 3.51. The van der Waals surface area contributed by atoms with Gasteiger partial charge in [-0.15, -0.1) is 0 Å². The first-order chi connectivity index (χ1) is 7.92. The van der Waals surface area contributed by atoms with Crippen LogP contribution in [-0.2, 0) is 11.3 Å². The van der Waals surface area contributed by atoms with E-state index in [1.165, 1.54) is 0 Å². The van der Waals surface area contributed by atoms with Crippen LogP contribution in [0.15, 0.2) is 42.7 Å². The molecule has 2 aromatic rings. The normalized spacial score (nSPS) is 10.6. The molecular formula is C13H16N2O. The fourth-order valence-corrected chi connectivity index (χ4v) is 1.64. The summed E-state index contributed by atoms with van der Waals surface area (Å²) < 4.78 is 7.47. The van der Waals surface area contributed by atoms with Crippen molar-refractivity contribution in [3.63, 3.8) is 0 Å². The molecule has 0 fully saturated rings. The van der Waals surface area contributed by atoms with E-state index in [0.717, 1.165) is 31.1 Å². The van der Waals surface area contributed by atoms with Crippen LogP contribution in [0.25, 0.3) is 11.4 Å². The Morgan fingerprint density at radius 1 is 1.25 bits per heavy atom. The van der Waals surface area contributed by atoms with Crippen LogP contribution in [-0.4, -0.2) is 22.8 Å².